The molecular weight excluding hydrogens is 350 g/mol. The summed E-state index contributed by atoms with van der Waals surface area (Å²) >= 11 is 1.69. The Morgan fingerprint density at radius 2 is 1.67 bits per heavy atom. The largest absolute Gasteiger partial charge is 0.298 e. The van der Waals surface area contributed by atoms with Gasteiger partial charge >= 0.3 is 0 Å². The van der Waals surface area contributed by atoms with E-state index < -0.39 is 0 Å². The summed E-state index contributed by atoms with van der Waals surface area (Å²) in [5.74, 6) is 0. The fourth-order valence-electron chi connectivity index (χ4n) is 3.20. The molecule has 0 aliphatic heterocycles. The molecule has 3 aromatic carbocycles. The molecule has 0 aliphatic carbocycles. The number of hydrogen-bond acceptors (Lipinski definition) is 4. The lowest BCUT2D eigenvalue weighted by Gasteiger charge is -2.23. The Morgan fingerprint density at radius 1 is 0.926 bits per heavy atom. The first-order chi connectivity index (χ1) is 13.2. The van der Waals surface area contributed by atoms with Crippen LogP contribution in [0.15, 0.2) is 78.9 Å². The number of benzene rings is 3. The van der Waals surface area contributed by atoms with Crippen LogP contribution in [0.2, 0.25) is 0 Å². The van der Waals surface area contributed by atoms with Crippen LogP contribution in [0, 0.1) is 11.3 Å². The minimum atomic E-state index is -0.0779. The highest BCUT2D eigenvalue weighted by molar-refractivity contribution is 7.18. The fourth-order valence-corrected chi connectivity index (χ4v) is 4.26. The third-order valence-corrected chi connectivity index (χ3v) is 5.72. The van der Waals surface area contributed by atoms with Crippen LogP contribution in [0.3, 0.4) is 0 Å². The lowest BCUT2D eigenvalue weighted by atomic mass is 10.0. The van der Waals surface area contributed by atoms with Crippen LogP contribution in [-0.4, -0.2) is 4.98 Å². The zero-order valence-corrected chi connectivity index (χ0v) is 15.8. The second kappa shape index (κ2) is 7.71. The van der Waals surface area contributed by atoms with Crippen molar-refractivity contribution in [3.63, 3.8) is 0 Å². The quantitative estimate of drug-likeness (QED) is 0.497. The van der Waals surface area contributed by atoms with Gasteiger partial charge < -0.3 is 0 Å². The number of para-hydroxylation sites is 1. The highest BCUT2D eigenvalue weighted by Gasteiger charge is 2.21. The van der Waals surface area contributed by atoms with Crippen molar-refractivity contribution in [3.8, 4) is 6.07 Å². The molecule has 0 saturated carbocycles. The first-order valence-electron chi connectivity index (χ1n) is 8.91. The summed E-state index contributed by atoms with van der Waals surface area (Å²) in [4.78, 5) is 4.86. The highest BCUT2D eigenvalue weighted by atomic mass is 32.1. The summed E-state index contributed by atoms with van der Waals surface area (Å²) in [6.07, 6.45) is 0. The van der Waals surface area contributed by atoms with E-state index in [0.29, 0.717) is 5.56 Å². The average molecular weight is 369 g/mol. The van der Waals surface area contributed by atoms with E-state index >= 15 is 0 Å². The Labute approximate surface area is 162 Å². The SMILES string of the molecule is C[C@@H](NC(c1cccc(C#N)c1)c1nc2ccccc2s1)c1ccccc1. The van der Waals surface area contributed by atoms with E-state index in [0.717, 1.165) is 16.1 Å². The predicted octanol–water partition coefficient (Wildman–Crippen LogP) is 5.61. The van der Waals surface area contributed by atoms with Gasteiger partial charge in [-0.05, 0) is 42.3 Å². The monoisotopic (exact) mass is 369 g/mol. The molecule has 4 heteroatoms. The minimum absolute atomic E-state index is 0.0779. The summed E-state index contributed by atoms with van der Waals surface area (Å²) in [6.45, 7) is 2.16. The van der Waals surface area contributed by atoms with Gasteiger partial charge in [-0.3, -0.25) is 5.32 Å². The molecule has 0 fully saturated rings. The van der Waals surface area contributed by atoms with Gasteiger partial charge in [-0.15, -0.1) is 11.3 Å². The molecule has 1 unspecified atom stereocenters. The normalized spacial score (nSPS) is 13.2. The number of nitrogens with zero attached hydrogens (tertiary/aromatic N) is 2. The van der Waals surface area contributed by atoms with Gasteiger partial charge in [0, 0.05) is 6.04 Å². The van der Waals surface area contributed by atoms with E-state index in [1.165, 1.54) is 10.3 Å². The molecule has 27 heavy (non-hydrogen) atoms. The lowest BCUT2D eigenvalue weighted by Crippen LogP contribution is -2.25. The molecule has 1 aromatic heterocycles. The van der Waals surface area contributed by atoms with Gasteiger partial charge in [-0.1, -0.05) is 54.6 Å². The Hall–Kier alpha value is -3.00. The van der Waals surface area contributed by atoms with Crippen molar-refractivity contribution in [2.45, 2.75) is 19.0 Å². The molecule has 3 nitrogen and oxygen atoms in total. The van der Waals surface area contributed by atoms with Crippen LogP contribution in [0.1, 0.15) is 40.7 Å². The first-order valence-corrected chi connectivity index (χ1v) is 9.73. The summed E-state index contributed by atoms with van der Waals surface area (Å²) in [5.41, 5.74) is 3.94. The zero-order valence-electron chi connectivity index (χ0n) is 15.0. The van der Waals surface area contributed by atoms with Crippen LogP contribution in [-0.2, 0) is 0 Å². The minimum Gasteiger partial charge on any atom is -0.298 e. The highest BCUT2D eigenvalue weighted by Crippen LogP contribution is 2.32. The van der Waals surface area contributed by atoms with Gasteiger partial charge in [-0.2, -0.15) is 5.26 Å². The third kappa shape index (κ3) is 3.75. The van der Waals surface area contributed by atoms with E-state index in [9.17, 15) is 5.26 Å². The third-order valence-electron chi connectivity index (χ3n) is 4.62. The summed E-state index contributed by atoms with van der Waals surface area (Å²) in [6, 6.07) is 28.6. The Balaban J connectivity index is 1.75. The van der Waals surface area contributed by atoms with Crippen molar-refractivity contribution in [2.75, 3.05) is 0 Å². The molecular formula is C23H19N3S. The average Bonchev–Trinajstić information content (AvgIpc) is 3.16. The molecule has 2 atom stereocenters. The van der Waals surface area contributed by atoms with E-state index in [4.69, 9.17) is 4.98 Å². The molecule has 1 N–H and O–H groups in total. The van der Waals surface area contributed by atoms with E-state index in [-0.39, 0.29) is 12.1 Å². The van der Waals surface area contributed by atoms with E-state index in [1.807, 2.05) is 42.5 Å². The number of aromatic nitrogens is 1. The van der Waals surface area contributed by atoms with Crippen LogP contribution in [0.4, 0.5) is 0 Å². The standard InChI is InChI=1S/C23H19N3S/c1-16(18-9-3-2-4-10-18)25-22(19-11-7-8-17(14-19)15-24)23-26-20-12-5-6-13-21(20)27-23/h2-14,16,22,25H,1H3/t16-,22?/m1/s1. The fraction of sp³-hybridized carbons (Fsp3) is 0.130. The van der Waals surface area contributed by atoms with Gasteiger partial charge in [0.25, 0.3) is 0 Å². The molecule has 132 valence electrons. The second-order valence-corrected chi connectivity index (χ2v) is 7.55. The summed E-state index contributed by atoms with van der Waals surface area (Å²) < 4.78 is 1.17. The number of fused-ring (bicyclic) bond motifs is 1. The van der Waals surface area contributed by atoms with Crippen molar-refractivity contribution in [2.24, 2.45) is 0 Å². The van der Waals surface area contributed by atoms with Crippen molar-refractivity contribution in [1.82, 2.24) is 10.3 Å². The molecule has 0 amide bonds. The maximum atomic E-state index is 9.31. The molecule has 4 rings (SSSR count). The smallest absolute Gasteiger partial charge is 0.115 e. The Bertz CT molecular complexity index is 1060. The van der Waals surface area contributed by atoms with Gasteiger partial charge in [0.05, 0.1) is 27.9 Å². The van der Waals surface area contributed by atoms with E-state index in [1.54, 1.807) is 11.3 Å². The van der Waals surface area contributed by atoms with Gasteiger partial charge in [-0.25, -0.2) is 4.98 Å². The second-order valence-electron chi connectivity index (χ2n) is 6.49. The van der Waals surface area contributed by atoms with Crippen molar-refractivity contribution < 1.29 is 0 Å². The molecule has 0 aliphatic rings. The van der Waals surface area contributed by atoms with Crippen molar-refractivity contribution in [3.05, 3.63) is 101 Å². The van der Waals surface area contributed by atoms with Gasteiger partial charge in [0.1, 0.15) is 5.01 Å². The Morgan fingerprint density at radius 3 is 2.44 bits per heavy atom. The maximum Gasteiger partial charge on any atom is 0.115 e. The maximum absolute atomic E-state index is 9.31. The van der Waals surface area contributed by atoms with Crippen LogP contribution in [0.25, 0.3) is 10.2 Å². The number of hydrogen-bond donors (Lipinski definition) is 1. The van der Waals surface area contributed by atoms with E-state index in [2.05, 4.69) is 54.7 Å². The first kappa shape index (κ1) is 17.4. The molecule has 4 aromatic rings. The molecule has 1 heterocycles. The van der Waals surface area contributed by atoms with Crippen LogP contribution >= 0.6 is 11.3 Å². The van der Waals surface area contributed by atoms with Gasteiger partial charge in [0.2, 0.25) is 0 Å². The topological polar surface area (TPSA) is 48.7 Å². The number of nitrogens with one attached hydrogen (secondary N) is 1. The lowest BCUT2D eigenvalue weighted by molar-refractivity contribution is 0.515. The number of thiazole rings is 1. The molecule has 0 bridgehead atoms. The molecule has 0 saturated heterocycles. The summed E-state index contributed by atoms with van der Waals surface area (Å²) in [7, 11) is 0. The number of nitriles is 1. The molecule has 0 radical (unpaired) electrons. The Kier molecular flexibility index (Phi) is 4.97. The van der Waals surface area contributed by atoms with Crippen molar-refractivity contribution >= 4 is 21.6 Å². The van der Waals surface area contributed by atoms with Crippen molar-refractivity contribution in [1.29, 1.82) is 5.26 Å². The predicted molar refractivity (Wildman–Crippen MR) is 111 cm³/mol. The number of rotatable bonds is 5. The van der Waals surface area contributed by atoms with Crippen LogP contribution < -0.4 is 5.32 Å². The molecule has 0 spiro atoms. The zero-order chi connectivity index (χ0) is 18.6. The summed E-state index contributed by atoms with van der Waals surface area (Å²) in [5, 5.41) is 14.0. The van der Waals surface area contributed by atoms with Gasteiger partial charge in [0.15, 0.2) is 0 Å². The van der Waals surface area contributed by atoms with Crippen LogP contribution in [0.5, 0.6) is 0 Å².